The predicted octanol–water partition coefficient (Wildman–Crippen LogP) is 3.24. The van der Waals surface area contributed by atoms with Gasteiger partial charge in [-0.25, -0.2) is 13.2 Å². The van der Waals surface area contributed by atoms with Crippen LogP contribution in [-0.2, 0) is 0 Å². The van der Waals surface area contributed by atoms with Gasteiger partial charge in [0, 0.05) is 43.9 Å². The average molecular weight is 298 g/mol. The van der Waals surface area contributed by atoms with Crippen molar-refractivity contribution in [2.24, 2.45) is 5.92 Å². The molecule has 0 radical (unpaired) electrons. The largest absolute Gasteiger partial charge is 0.314 e. The lowest BCUT2D eigenvalue weighted by Gasteiger charge is -2.38. The van der Waals surface area contributed by atoms with Crippen LogP contribution in [0.1, 0.15) is 37.3 Å². The summed E-state index contributed by atoms with van der Waals surface area (Å²) in [7, 11) is 0. The maximum absolute atomic E-state index is 14.2. The van der Waals surface area contributed by atoms with Gasteiger partial charge >= 0.3 is 0 Å². The molecule has 116 valence electrons. The van der Waals surface area contributed by atoms with Crippen molar-refractivity contribution in [3.05, 3.63) is 35.1 Å². The van der Waals surface area contributed by atoms with Crippen molar-refractivity contribution in [3.63, 3.8) is 0 Å². The molecule has 0 unspecified atom stereocenters. The minimum absolute atomic E-state index is 0.135. The number of rotatable bonds is 3. The van der Waals surface area contributed by atoms with E-state index < -0.39 is 17.5 Å². The lowest BCUT2D eigenvalue weighted by atomic mass is 9.89. The van der Waals surface area contributed by atoms with Crippen LogP contribution < -0.4 is 5.32 Å². The molecular weight excluding hydrogens is 277 g/mol. The number of piperazine rings is 1. The third kappa shape index (κ3) is 3.09. The maximum Gasteiger partial charge on any atom is 0.161 e. The van der Waals surface area contributed by atoms with Gasteiger partial charge in [0.2, 0.25) is 0 Å². The first-order chi connectivity index (χ1) is 10.2. The van der Waals surface area contributed by atoms with Crippen molar-refractivity contribution in [2.45, 2.75) is 31.7 Å². The highest BCUT2D eigenvalue weighted by molar-refractivity contribution is 5.25. The van der Waals surface area contributed by atoms with E-state index in [0.29, 0.717) is 17.5 Å². The summed E-state index contributed by atoms with van der Waals surface area (Å²) < 4.78 is 41.0. The molecule has 1 aliphatic carbocycles. The number of halogens is 3. The zero-order valence-corrected chi connectivity index (χ0v) is 12.0. The zero-order chi connectivity index (χ0) is 14.8. The van der Waals surface area contributed by atoms with Crippen molar-refractivity contribution in [3.8, 4) is 0 Å². The second kappa shape index (κ2) is 6.36. The standard InChI is InChI=1S/C16H21F3N2/c17-13-10-15(19)14(18)9-12(13)16(11-3-1-2-4-11)21-7-5-20-6-8-21/h9-11,16,20H,1-8H2/t16-/m0/s1. The Morgan fingerprint density at radius 2 is 1.57 bits per heavy atom. The molecule has 1 aromatic carbocycles. The van der Waals surface area contributed by atoms with Crippen LogP contribution in [0.25, 0.3) is 0 Å². The van der Waals surface area contributed by atoms with E-state index in [4.69, 9.17) is 0 Å². The van der Waals surface area contributed by atoms with E-state index in [1.165, 1.54) is 0 Å². The fourth-order valence-electron chi connectivity index (χ4n) is 3.75. The van der Waals surface area contributed by atoms with Crippen LogP contribution in [0.2, 0.25) is 0 Å². The van der Waals surface area contributed by atoms with E-state index in [9.17, 15) is 13.2 Å². The fraction of sp³-hybridized carbons (Fsp3) is 0.625. The zero-order valence-electron chi connectivity index (χ0n) is 12.0. The first-order valence-corrected chi connectivity index (χ1v) is 7.76. The molecule has 1 heterocycles. The summed E-state index contributed by atoms with van der Waals surface area (Å²) in [4.78, 5) is 2.22. The molecule has 1 aromatic rings. The topological polar surface area (TPSA) is 15.3 Å². The Bertz CT molecular complexity index is 495. The minimum atomic E-state index is -1.11. The molecule has 1 aliphatic heterocycles. The van der Waals surface area contributed by atoms with Crippen molar-refractivity contribution in [1.29, 1.82) is 0 Å². The summed E-state index contributed by atoms with van der Waals surface area (Å²) in [5.41, 5.74) is 0.322. The van der Waals surface area contributed by atoms with Gasteiger partial charge in [0.25, 0.3) is 0 Å². The monoisotopic (exact) mass is 298 g/mol. The van der Waals surface area contributed by atoms with Gasteiger partial charge in [-0.2, -0.15) is 0 Å². The van der Waals surface area contributed by atoms with Crippen LogP contribution >= 0.6 is 0 Å². The smallest absolute Gasteiger partial charge is 0.161 e. The first-order valence-electron chi connectivity index (χ1n) is 7.76. The van der Waals surface area contributed by atoms with E-state index in [2.05, 4.69) is 10.2 Å². The van der Waals surface area contributed by atoms with Gasteiger partial charge in [-0.05, 0) is 24.8 Å². The highest BCUT2D eigenvalue weighted by Gasteiger charge is 2.34. The number of hydrogen-bond donors (Lipinski definition) is 1. The quantitative estimate of drug-likeness (QED) is 0.862. The molecule has 0 aromatic heterocycles. The van der Waals surface area contributed by atoms with Crippen molar-refractivity contribution >= 4 is 0 Å². The van der Waals surface area contributed by atoms with Crippen LogP contribution in [0.5, 0.6) is 0 Å². The maximum atomic E-state index is 14.2. The van der Waals surface area contributed by atoms with E-state index in [0.717, 1.165) is 57.9 Å². The molecule has 5 heteroatoms. The van der Waals surface area contributed by atoms with Gasteiger partial charge in [-0.15, -0.1) is 0 Å². The normalized spacial score (nSPS) is 22.6. The highest BCUT2D eigenvalue weighted by atomic mass is 19.2. The van der Waals surface area contributed by atoms with Gasteiger partial charge in [0.05, 0.1) is 0 Å². The second-order valence-corrected chi connectivity index (χ2v) is 6.06. The summed E-state index contributed by atoms with van der Waals surface area (Å²) in [6.07, 6.45) is 4.34. The summed E-state index contributed by atoms with van der Waals surface area (Å²) in [6, 6.07) is 1.62. The summed E-state index contributed by atoms with van der Waals surface area (Å²) >= 11 is 0. The van der Waals surface area contributed by atoms with Crippen LogP contribution in [0, 0.1) is 23.4 Å². The van der Waals surface area contributed by atoms with E-state index >= 15 is 0 Å². The molecule has 21 heavy (non-hydrogen) atoms. The molecule has 3 rings (SSSR count). The molecule has 1 saturated heterocycles. The summed E-state index contributed by atoms with van der Waals surface area (Å²) in [5, 5.41) is 3.28. The molecular formula is C16H21F3N2. The first kappa shape index (κ1) is 14.9. The van der Waals surface area contributed by atoms with Crippen LogP contribution in [0.4, 0.5) is 13.2 Å². The molecule has 1 saturated carbocycles. The lowest BCUT2D eigenvalue weighted by molar-refractivity contribution is 0.122. The minimum Gasteiger partial charge on any atom is -0.314 e. The Morgan fingerprint density at radius 3 is 2.24 bits per heavy atom. The third-order valence-corrected chi connectivity index (χ3v) is 4.75. The molecule has 1 N–H and O–H groups in total. The molecule has 2 fully saturated rings. The van der Waals surface area contributed by atoms with Crippen molar-refractivity contribution in [2.75, 3.05) is 26.2 Å². The SMILES string of the molecule is Fc1cc(F)c([C@H](C2CCCC2)N2CCNCC2)cc1F. The Balaban J connectivity index is 1.95. The number of hydrogen-bond acceptors (Lipinski definition) is 2. The third-order valence-electron chi connectivity index (χ3n) is 4.75. The molecule has 2 nitrogen and oxygen atoms in total. The van der Waals surface area contributed by atoms with E-state index in [-0.39, 0.29) is 6.04 Å². The van der Waals surface area contributed by atoms with Crippen molar-refractivity contribution < 1.29 is 13.2 Å². The Morgan fingerprint density at radius 1 is 0.952 bits per heavy atom. The molecule has 2 aliphatic rings. The Kier molecular flexibility index (Phi) is 4.50. The average Bonchev–Trinajstić information content (AvgIpc) is 3.00. The number of nitrogens with zero attached hydrogens (tertiary/aromatic N) is 1. The van der Waals surface area contributed by atoms with Crippen LogP contribution in [-0.4, -0.2) is 31.1 Å². The van der Waals surface area contributed by atoms with Gasteiger partial charge < -0.3 is 5.32 Å². The van der Waals surface area contributed by atoms with E-state index in [1.54, 1.807) is 0 Å². The Labute approximate surface area is 123 Å². The second-order valence-electron chi connectivity index (χ2n) is 6.06. The van der Waals surface area contributed by atoms with Gasteiger partial charge in [0.1, 0.15) is 5.82 Å². The molecule has 1 atom stereocenters. The lowest BCUT2D eigenvalue weighted by Crippen LogP contribution is -2.47. The van der Waals surface area contributed by atoms with Crippen molar-refractivity contribution in [1.82, 2.24) is 10.2 Å². The summed E-state index contributed by atoms with van der Waals surface area (Å²) in [6.45, 7) is 3.35. The number of benzene rings is 1. The van der Waals surface area contributed by atoms with Gasteiger partial charge in [-0.3, -0.25) is 4.90 Å². The summed E-state index contributed by atoms with van der Waals surface area (Å²) in [5.74, 6) is -2.35. The predicted molar refractivity (Wildman–Crippen MR) is 75.5 cm³/mol. The highest BCUT2D eigenvalue weighted by Crippen LogP contribution is 2.40. The Hall–Kier alpha value is -1.07. The molecule has 0 spiro atoms. The van der Waals surface area contributed by atoms with Gasteiger partial charge in [0.15, 0.2) is 11.6 Å². The van der Waals surface area contributed by atoms with E-state index in [1.807, 2.05) is 0 Å². The number of nitrogens with one attached hydrogen (secondary N) is 1. The van der Waals surface area contributed by atoms with Gasteiger partial charge in [-0.1, -0.05) is 12.8 Å². The molecule has 0 amide bonds. The van der Waals surface area contributed by atoms with Crippen LogP contribution in [0.15, 0.2) is 12.1 Å². The van der Waals surface area contributed by atoms with Crippen LogP contribution in [0.3, 0.4) is 0 Å². The molecule has 0 bridgehead atoms. The fourth-order valence-corrected chi connectivity index (χ4v) is 3.75.